The van der Waals surface area contributed by atoms with Crippen molar-refractivity contribution in [2.45, 2.75) is 12.4 Å². The maximum absolute atomic E-state index is 8.26. The number of hydrogen-bond donors (Lipinski definition) is 3. The summed E-state index contributed by atoms with van der Waals surface area (Å²) in [6, 6.07) is 0. The van der Waals surface area contributed by atoms with E-state index in [0.717, 1.165) is 0 Å². The molecule has 0 saturated heterocycles. The second-order valence-electron chi connectivity index (χ2n) is 1.63. The van der Waals surface area contributed by atoms with Crippen molar-refractivity contribution in [1.82, 2.24) is 0 Å². The highest BCUT2D eigenvalue weighted by atomic mass is 35.5. The molecule has 0 bridgehead atoms. The Kier molecular flexibility index (Phi) is 7.36. The average Bonchev–Trinajstić information content (AvgIpc) is 1.59. The van der Waals surface area contributed by atoms with Crippen molar-refractivity contribution in [3.8, 4) is 0 Å². The highest BCUT2D eigenvalue weighted by molar-refractivity contribution is 7.36. The van der Waals surface area contributed by atoms with Gasteiger partial charge in [-0.3, -0.25) is 0 Å². The predicted octanol–water partition coefficient (Wildman–Crippen LogP) is -0.263. The third kappa shape index (κ3) is 11.9. The topological polar surface area (TPSA) is 60.7 Å². The number of halogens is 1. The highest BCUT2D eigenvalue weighted by Crippen LogP contribution is 2.09. The first-order chi connectivity index (χ1) is 3.56. The fourth-order valence-electron chi connectivity index (χ4n) is 0.293. The second kappa shape index (κ2) is 5.39. The van der Waals surface area contributed by atoms with Crippen molar-refractivity contribution in [3.05, 3.63) is 0 Å². The molecular formula is C4H12ClO3P. The summed E-state index contributed by atoms with van der Waals surface area (Å²) < 4.78 is 0. The lowest BCUT2D eigenvalue weighted by Crippen LogP contribution is -2.27. The molecule has 0 aromatic heterocycles. The first-order valence-corrected chi connectivity index (χ1v) is 4.09. The van der Waals surface area contributed by atoms with Crippen LogP contribution < -0.4 is 0 Å². The van der Waals surface area contributed by atoms with E-state index in [-0.39, 0.29) is 18.8 Å². The molecule has 0 aliphatic rings. The SMILES string of the molecule is CPCCC(O)(O)O.Cl. The van der Waals surface area contributed by atoms with Gasteiger partial charge in [-0.2, -0.15) is 0 Å². The van der Waals surface area contributed by atoms with Gasteiger partial charge in [-0.05, 0) is 12.8 Å². The molecule has 0 aromatic carbocycles. The van der Waals surface area contributed by atoms with E-state index >= 15 is 0 Å². The zero-order valence-corrected chi connectivity index (χ0v) is 6.98. The number of rotatable bonds is 3. The number of aliphatic hydroxyl groups is 3. The normalized spacial score (nSPS) is 12.0. The van der Waals surface area contributed by atoms with Crippen molar-refractivity contribution >= 4 is 21.0 Å². The Morgan fingerprint density at radius 3 is 1.89 bits per heavy atom. The van der Waals surface area contributed by atoms with Gasteiger partial charge in [-0.15, -0.1) is 21.0 Å². The largest absolute Gasteiger partial charge is 0.344 e. The molecule has 3 nitrogen and oxygen atoms in total. The fourth-order valence-corrected chi connectivity index (χ4v) is 0.878. The van der Waals surface area contributed by atoms with Crippen molar-refractivity contribution in [1.29, 1.82) is 0 Å². The summed E-state index contributed by atoms with van der Waals surface area (Å²) in [6.45, 7) is 1.94. The minimum absolute atomic E-state index is 0. The molecule has 0 rings (SSSR count). The second-order valence-corrected chi connectivity index (χ2v) is 2.84. The van der Waals surface area contributed by atoms with Crippen LogP contribution >= 0.6 is 21.0 Å². The molecule has 0 aliphatic carbocycles. The zero-order valence-electron chi connectivity index (χ0n) is 5.16. The standard InChI is InChI=1S/C4H11O3P.ClH/c1-8-3-2-4(5,6)7;/h5-8H,2-3H2,1H3;1H. The smallest absolute Gasteiger partial charge is 0.275 e. The molecule has 0 heterocycles. The van der Waals surface area contributed by atoms with Gasteiger partial charge in [0, 0.05) is 6.42 Å². The van der Waals surface area contributed by atoms with E-state index in [2.05, 4.69) is 0 Å². The molecule has 5 heteroatoms. The van der Waals surface area contributed by atoms with E-state index in [1.165, 1.54) is 0 Å². The van der Waals surface area contributed by atoms with E-state index in [9.17, 15) is 0 Å². The molecular weight excluding hydrogens is 162 g/mol. The predicted molar refractivity (Wildman–Crippen MR) is 40.4 cm³/mol. The van der Waals surface area contributed by atoms with Gasteiger partial charge in [0.15, 0.2) is 0 Å². The van der Waals surface area contributed by atoms with E-state index in [1.54, 1.807) is 0 Å². The monoisotopic (exact) mass is 174 g/mol. The summed E-state index contributed by atoms with van der Waals surface area (Å²) in [6.07, 6.45) is 0.700. The Labute approximate surface area is 62.3 Å². The van der Waals surface area contributed by atoms with E-state index < -0.39 is 5.97 Å². The van der Waals surface area contributed by atoms with Crippen LogP contribution in [-0.4, -0.2) is 34.1 Å². The minimum Gasteiger partial charge on any atom is -0.344 e. The van der Waals surface area contributed by atoms with Crippen LogP contribution in [0.4, 0.5) is 0 Å². The quantitative estimate of drug-likeness (QED) is 0.408. The molecule has 1 atom stereocenters. The van der Waals surface area contributed by atoms with Crippen LogP contribution in [0.5, 0.6) is 0 Å². The Bertz CT molecular complexity index is 63.3. The van der Waals surface area contributed by atoms with E-state index in [0.29, 0.717) is 14.7 Å². The lowest BCUT2D eigenvalue weighted by Gasteiger charge is -2.11. The summed E-state index contributed by atoms with van der Waals surface area (Å²) in [7, 11) is 0.651. The Morgan fingerprint density at radius 1 is 1.33 bits per heavy atom. The number of hydrogen-bond acceptors (Lipinski definition) is 3. The van der Waals surface area contributed by atoms with Crippen LogP contribution in [0, 0.1) is 0 Å². The Hall–Kier alpha value is 0.600. The molecule has 0 radical (unpaired) electrons. The van der Waals surface area contributed by atoms with Gasteiger partial charge >= 0.3 is 0 Å². The molecule has 9 heavy (non-hydrogen) atoms. The first kappa shape index (κ1) is 12.3. The first-order valence-electron chi connectivity index (χ1n) is 2.38. The lowest BCUT2D eigenvalue weighted by molar-refractivity contribution is -0.311. The van der Waals surface area contributed by atoms with E-state index in [4.69, 9.17) is 15.3 Å². The molecule has 0 amide bonds. The molecule has 3 N–H and O–H groups in total. The van der Waals surface area contributed by atoms with Crippen LogP contribution in [0.2, 0.25) is 0 Å². The molecule has 1 unspecified atom stereocenters. The summed E-state index contributed by atoms with van der Waals surface area (Å²) in [5.41, 5.74) is 0. The van der Waals surface area contributed by atoms with Crippen LogP contribution in [0.25, 0.3) is 0 Å². The van der Waals surface area contributed by atoms with Gasteiger partial charge in [-0.25, -0.2) is 0 Å². The average molecular weight is 175 g/mol. The zero-order chi connectivity index (χ0) is 6.62. The van der Waals surface area contributed by atoms with Crippen molar-refractivity contribution in [2.24, 2.45) is 0 Å². The molecule has 0 aliphatic heterocycles. The summed E-state index contributed by atoms with van der Waals surface area (Å²) in [5.74, 6) is -2.44. The maximum atomic E-state index is 8.26. The summed E-state index contributed by atoms with van der Waals surface area (Å²) in [5, 5.41) is 24.8. The van der Waals surface area contributed by atoms with Gasteiger partial charge in [0.2, 0.25) is 0 Å². The molecule has 0 aromatic rings. The molecule has 0 fully saturated rings. The highest BCUT2D eigenvalue weighted by Gasteiger charge is 2.15. The van der Waals surface area contributed by atoms with Crippen LogP contribution in [0.1, 0.15) is 6.42 Å². The van der Waals surface area contributed by atoms with Crippen molar-refractivity contribution in [2.75, 3.05) is 12.8 Å². The van der Waals surface area contributed by atoms with Crippen molar-refractivity contribution in [3.63, 3.8) is 0 Å². The maximum Gasteiger partial charge on any atom is 0.275 e. The molecule has 58 valence electrons. The van der Waals surface area contributed by atoms with Gasteiger partial charge in [0.1, 0.15) is 0 Å². The Morgan fingerprint density at radius 2 is 1.78 bits per heavy atom. The third-order valence-electron chi connectivity index (χ3n) is 0.710. The summed E-state index contributed by atoms with van der Waals surface area (Å²) >= 11 is 0. The lowest BCUT2D eigenvalue weighted by atomic mass is 10.4. The Balaban J connectivity index is 0. The minimum atomic E-state index is -2.44. The third-order valence-corrected chi connectivity index (χ3v) is 1.46. The van der Waals surface area contributed by atoms with Gasteiger partial charge < -0.3 is 15.3 Å². The van der Waals surface area contributed by atoms with Crippen LogP contribution in [0.15, 0.2) is 0 Å². The van der Waals surface area contributed by atoms with Crippen LogP contribution in [-0.2, 0) is 0 Å². The fraction of sp³-hybridized carbons (Fsp3) is 1.00. The van der Waals surface area contributed by atoms with Crippen molar-refractivity contribution < 1.29 is 15.3 Å². The van der Waals surface area contributed by atoms with Gasteiger partial charge in [0.05, 0.1) is 0 Å². The molecule has 0 saturated carbocycles. The van der Waals surface area contributed by atoms with Crippen LogP contribution in [0.3, 0.4) is 0 Å². The summed E-state index contributed by atoms with van der Waals surface area (Å²) in [4.78, 5) is 0. The van der Waals surface area contributed by atoms with Gasteiger partial charge in [0.25, 0.3) is 5.97 Å². The van der Waals surface area contributed by atoms with Gasteiger partial charge in [-0.1, -0.05) is 0 Å². The van der Waals surface area contributed by atoms with E-state index in [1.807, 2.05) is 6.66 Å². The molecule has 0 spiro atoms.